The van der Waals surface area contributed by atoms with Crippen LogP contribution in [0.3, 0.4) is 0 Å². The van der Waals surface area contributed by atoms with Gasteiger partial charge in [0.25, 0.3) is 0 Å². The Balaban J connectivity index is 2.64. The molecular weight excluding hydrogens is 422 g/mol. The van der Waals surface area contributed by atoms with Gasteiger partial charge in [0.15, 0.2) is 0 Å². The molecule has 0 amide bonds. The molecule has 0 fully saturated rings. The number of hydrogen-bond donors (Lipinski definition) is 1. The van der Waals surface area contributed by atoms with Gasteiger partial charge in [-0.05, 0) is 18.2 Å². The minimum atomic E-state index is -5.38. The Morgan fingerprint density at radius 1 is 1.30 bits per heavy atom. The van der Waals surface area contributed by atoms with Crippen LogP contribution < -0.4 is 10.5 Å². The molecule has 2 N–H and O–H groups in total. The van der Waals surface area contributed by atoms with E-state index in [1.165, 1.54) is 0 Å². The molecule has 1 aromatic heterocycles. The first-order chi connectivity index (χ1) is 12.5. The highest BCUT2D eigenvalue weighted by molar-refractivity contribution is 6.34. The lowest BCUT2D eigenvalue weighted by atomic mass is 10.0. The molecule has 1 aromatic carbocycles. The van der Waals surface area contributed by atoms with E-state index >= 15 is 0 Å². The summed E-state index contributed by atoms with van der Waals surface area (Å²) < 4.78 is 75.2. The first-order valence-corrected chi connectivity index (χ1v) is 7.63. The Morgan fingerprint density at radius 2 is 1.93 bits per heavy atom. The largest absolute Gasteiger partial charge is 0.514 e. The number of carbonyl (C=O) groups is 1. The fraction of sp³-hybridized carbons (Fsp3) is 0.200. The minimum absolute atomic E-state index is 0.232. The van der Waals surface area contributed by atoms with Crippen LogP contribution >= 0.6 is 23.2 Å². The zero-order valence-electron chi connectivity index (χ0n) is 13.2. The van der Waals surface area contributed by atoms with Crippen LogP contribution in [0.5, 0.6) is 5.88 Å². The predicted molar refractivity (Wildman–Crippen MR) is 87.0 cm³/mol. The van der Waals surface area contributed by atoms with E-state index in [0.29, 0.717) is 0 Å². The minimum Gasteiger partial charge on any atom is -0.437 e. The number of halogens is 7. The Labute approximate surface area is 158 Å². The molecule has 0 aliphatic carbocycles. The molecule has 1 heterocycles. The normalized spacial score (nSPS) is 12.6. The zero-order chi connectivity index (χ0) is 20.5. The van der Waals surface area contributed by atoms with Crippen molar-refractivity contribution in [2.75, 3.05) is 12.8 Å². The van der Waals surface area contributed by atoms with Gasteiger partial charge in [-0.3, -0.25) is 0 Å². The van der Waals surface area contributed by atoms with Crippen LogP contribution in [0.25, 0.3) is 11.3 Å². The number of rotatable bonds is 3. The van der Waals surface area contributed by atoms with E-state index in [2.05, 4.69) is 14.5 Å². The molecule has 0 spiro atoms. The molecule has 0 aliphatic heterocycles. The molecule has 1 unspecified atom stereocenters. The van der Waals surface area contributed by atoms with Crippen molar-refractivity contribution in [3.63, 3.8) is 0 Å². The molecule has 0 aliphatic rings. The van der Waals surface area contributed by atoms with Crippen LogP contribution in [0.4, 0.5) is 32.4 Å². The number of benzene rings is 1. The van der Waals surface area contributed by atoms with Crippen molar-refractivity contribution in [1.29, 1.82) is 0 Å². The van der Waals surface area contributed by atoms with E-state index in [1.807, 2.05) is 0 Å². The van der Waals surface area contributed by atoms with Gasteiger partial charge in [0.2, 0.25) is 12.1 Å². The van der Waals surface area contributed by atoms with E-state index in [4.69, 9.17) is 28.9 Å². The van der Waals surface area contributed by atoms with Crippen molar-refractivity contribution in [3.8, 4) is 17.1 Å². The molecule has 146 valence electrons. The van der Waals surface area contributed by atoms with Gasteiger partial charge in [0.1, 0.15) is 10.8 Å². The van der Waals surface area contributed by atoms with Crippen molar-refractivity contribution >= 4 is 35.0 Å². The van der Waals surface area contributed by atoms with Gasteiger partial charge < -0.3 is 15.2 Å². The van der Waals surface area contributed by atoms with E-state index in [0.717, 1.165) is 25.3 Å². The maximum atomic E-state index is 14.6. The first-order valence-electron chi connectivity index (χ1n) is 6.88. The first kappa shape index (κ1) is 21.0. The molecule has 2 rings (SSSR count). The molecular formula is C15H9Cl2F5N2O3. The molecule has 0 bridgehead atoms. The average molecular weight is 431 g/mol. The Kier molecular flexibility index (Phi) is 6.01. The lowest BCUT2D eigenvalue weighted by Gasteiger charge is -2.17. The predicted octanol–water partition coefficient (Wildman–Crippen LogP) is 5.49. The monoisotopic (exact) mass is 430 g/mol. The Bertz CT molecular complexity index is 893. The van der Waals surface area contributed by atoms with Gasteiger partial charge in [0.05, 0.1) is 29.1 Å². The number of nitrogen functional groups attached to an aromatic ring is 1. The van der Waals surface area contributed by atoms with Crippen LogP contribution in [0.15, 0.2) is 18.2 Å². The van der Waals surface area contributed by atoms with Gasteiger partial charge in [-0.2, -0.15) is 13.2 Å². The summed E-state index contributed by atoms with van der Waals surface area (Å²) in [7, 11) is 0.993. The number of alkyl halides is 4. The highest BCUT2D eigenvalue weighted by Gasteiger charge is 2.44. The summed E-state index contributed by atoms with van der Waals surface area (Å²) in [5.74, 6) is -2.19. The molecule has 0 saturated carbocycles. The van der Waals surface area contributed by atoms with E-state index in [-0.39, 0.29) is 16.4 Å². The third kappa shape index (κ3) is 4.33. The third-order valence-electron chi connectivity index (χ3n) is 3.25. The number of nitrogens with zero attached hydrogens (tertiary/aromatic N) is 1. The third-order valence-corrected chi connectivity index (χ3v) is 3.95. The van der Waals surface area contributed by atoms with E-state index < -0.39 is 46.4 Å². The molecule has 2 aromatic rings. The van der Waals surface area contributed by atoms with Gasteiger partial charge in [-0.1, -0.05) is 23.2 Å². The van der Waals surface area contributed by atoms with Crippen LogP contribution in [0.1, 0.15) is 11.7 Å². The summed E-state index contributed by atoms with van der Waals surface area (Å²) in [6.45, 7) is 0. The second-order valence-electron chi connectivity index (χ2n) is 5.00. The van der Waals surface area contributed by atoms with Crippen molar-refractivity contribution in [3.05, 3.63) is 39.6 Å². The van der Waals surface area contributed by atoms with E-state index in [9.17, 15) is 26.7 Å². The fourth-order valence-electron chi connectivity index (χ4n) is 2.01. The standard InChI is InChI=1S/C15H9Cl2F5N2O3/c1-26-14(25)27-13-10(17)7(23)4-8(24-13)5-2-3-6(16)9(11(5)18)12(19)15(20,21)22/h2-4,12H,1H3,(H2,23,24). The average Bonchev–Trinajstić information content (AvgIpc) is 2.57. The quantitative estimate of drug-likeness (QED) is 0.514. The molecule has 0 saturated heterocycles. The van der Waals surface area contributed by atoms with Gasteiger partial charge in [0, 0.05) is 5.56 Å². The van der Waals surface area contributed by atoms with Crippen molar-refractivity contribution in [2.45, 2.75) is 12.3 Å². The number of aromatic nitrogens is 1. The maximum absolute atomic E-state index is 14.6. The number of ether oxygens (including phenoxy) is 2. The zero-order valence-corrected chi connectivity index (χ0v) is 14.7. The van der Waals surface area contributed by atoms with E-state index in [1.54, 1.807) is 0 Å². The summed E-state index contributed by atoms with van der Waals surface area (Å²) in [5, 5.41) is -1.09. The van der Waals surface area contributed by atoms with Crippen LogP contribution in [0.2, 0.25) is 10.0 Å². The highest BCUT2D eigenvalue weighted by atomic mass is 35.5. The second-order valence-corrected chi connectivity index (χ2v) is 5.78. The summed E-state index contributed by atoms with van der Waals surface area (Å²) in [6.07, 6.45) is -10.3. The van der Waals surface area contributed by atoms with Crippen molar-refractivity contribution in [2.24, 2.45) is 0 Å². The molecule has 5 nitrogen and oxygen atoms in total. The van der Waals surface area contributed by atoms with Crippen LogP contribution in [0, 0.1) is 5.82 Å². The lowest BCUT2D eigenvalue weighted by Crippen LogP contribution is -2.18. The van der Waals surface area contributed by atoms with Crippen molar-refractivity contribution < 1.29 is 36.2 Å². The van der Waals surface area contributed by atoms with Gasteiger partial charge in [-0.15, -0.1) is 0 Å². The molecule has 0 radical (unpaired) electrons. The maximum Gasteiger partial charge on any atom is 0.514 e. The summed E-state index contributed by atoms with van der Waals surface area (Å²) in [5.41, 5.74) is 3.03. The fourth-order valence-corrected chi connectivity index (χ4v) is 2.39. The summed E-state index contributed by atoms with van der Waals surface area (Å²) >= 11 is 11.3. The summed E-state index contributed by atoms with van der Waals surface area (Å²) in [6, 6.07) is 2.83. The summed E-state index contributed by atoms with van der Waals surface area (Å²) in [4.78, 5) is 14.9. The topological polar surface area (TPSA) is 74.4 Å². The highest BCUT2D eigenvalue weighted by Crippen LogP contribution is 2.43. The number of hydrogen-bond acceptors (Lipinski definition) is 5. The number of carbonyl (C=O) groups excluding carboxylic acids is 1. The smallest absolute Gasteiger partial charge is 0.437 e. The van der Waals surface area contributed by atoms with Gasteiger partial charge >= 0.3 is 12.3 Å². The second kappa shape index (κ2) is 7.73. The molecule has 12 heteroatoms. The number of anilines is 1. The van der Waals surface area contributed by atoms with Crippen LogP contribution in [-0.2, 0) is 4.74 Å². The molecule has 1 atom stereocenters. The SMILES string of the molecule is COC(=O)Oc1nc(-c2ccc(Cl)c(C(F)C(F)(F)F)c2F)cc(N)c1Cl. The number of methoxy groups -OCH3 is 1. The molecule has 27 heavy (non-hydrogen) atoms. The number of pyridine rings is 1. The van der Waals surface area contributed by atoms with Crippen LogP contribution in [-0.4, -0.2) is 24.4 Å². The Morgan fingerprint density at radius 3 is 2.48 bits per heavy atom. The lowest BCUT2D eigenvalue weighted by molar-refractivity contribution is -0.183. The number of nitrogens with two attached hydrogens (primary N) is 1. The Hall–Kier alpha value is -2.33. The van der Waals surface area contributed by atoms with Gasteiger partial charge in [-0.25, -0.2) is 18.6 Å². The van der Waals surface area contributed by atoms with Crippen molar-refractivity contribution in [1.82, 2.24) is 4.98 Å².